The highest BCUT2D eigenvalue weighted by Crippen LogP contribution is 2.32. The van der Waals surface area contributed by atoms with Crippen LogP contribution in [-0.2, 0) is 4.79 Å². The number of benzene rings is 2. The molecule has 1 fully saturated rings. The van der Waals surface area contributed by atoms with Crippen molar-refractivity contribution in [1.29, 1.82) is 0 Å². The summed E-state index contributed by atoms with van der Waals surface area (Å²) in [5.41, 5.74) is 3.21. The lowest BCUT2D eigenvalue weighted by Gasteiger charge is -2.15. The van der Waals surface area contributed by atoms with Crippen LogP contribution < -0.4 is 10.2 Å². The normalized spacial score (nSPS) is 15.0. The number of thiocarbonyl (C=S) groups is 1. The third-order valence-corrected chi connectivity index (χ3v) is 5.04. The number of thioether (sulfide) groups is 1. The summed E-state index contributed by atoms with van der Waals surface area (Å²) in [6.45, 7) is 0. The highest BCUT2D eigenvalue weighted by Gasteiger charge is 2.33. The van der Waals surface area contributed by atoms with Crippen LogP contribution in [0.5, 0.6) is 5.75 Å². The molecule has 1 aliphatic rings. The number of carbonyl (C=O) groups is 2. The van der Waals surface area contributed by atoms with E-state index in [2.05, 4.69) is 5.43 Å². The van der Waals surface area contributed by atoms with Gasteiger partial charge in [-0.15, -0.1) is 0 Å². The lowest BCUT2D eigenvalue weighted by Crippen LogP contribution is -2.44. The molecule has 1 heterocycles. The maximum absolute atomic E-state index is 12.6. The minimum Gasteiger partial charge on any atom is -0.497 e. The molecule has 0 atom stereocenters. The van der Waals surface area contributed by atoms with Crippen molar-refractivity contribution >= 4 is 51.9 Å². The second kappa shape index (κ2) is 8.19. The van der Waals surface area contributed by atoms with Crippen LogP contribution in [0.1, 0.15) is 15.9 Å². The number of hydrazine groups is 1. The summed E-state index contributed by atoms with van der Waals surface area (Å²) >= 11 is 6.24. The summed E-state index contributed by atoms with van der Waals surface area (Å²) in [5, 5.41) is 11.7. The lowest BCUT2D eigenvalue weighted by atomic mass is 10.2. The van der Waals surface area contributed by atoms with Crippen LogP contribution in [0.15, 0.2) is 53.4 Å². The molecule has 0 aromatic heterocycles. The van der Waals surface area contributed by atoms with Crippen LogP contribution in [-0.4, -0.2) is 33.2 Å². The number of nitrogens with one attached hydrogen (secondary N) is 1. The summed E-state index contributed by atoms with van der Waals surface area (Å²) in [6.07, 6.45) is 1.65. The zero-order chi connectivity index (χ0) is 20.3. The van der Waals surface area contributed by atoms with Crippen LogP contribution in [0, 0.1) is 10.1 Å². The maximum Gasteiger partial charge on any atom is 0.285 e. The number of non-ortho nitro benzene ring substituents is 1. The molecule has 1 aliphatic heterocycles. The Morgan fingerprint density at radius 3 is 2.64 bits per heavy atom. The number of hydrogen-bond acceptors (Lipinski definition) is 7. The first-order valence-electron chi connectivity index (χ1n) is 7.86. The van der Waals surface area contributed by atoms with Gasteiger partial charge in [-0.05, 0) is 48.1 Å². The molecule has 8 nitrogen and oxygen atoms in total. The first kappa shape index (κ1) is 19.5. The molecule has 0 radical (unpaired) electrons. The molecule has 0 saturated carbocycles. The fourth-order valence-corrected chi connectivity index (χ4v) is 3.53. The Balaban J connectivity index is 1.75. The van der Waals surface area contributed by atoms with E-state index in [4.69, 9.17) is 17.0 Å². The molecule has 2 aromatic rings. The molecule has 142 valence electrons. The van der Waals surface area contributed by atoms with E-state index in [-0.39, 0.29) is 15.6 Å². The Morgan fingerprint density at radius 1 is 1.29 bits per heavy atom. The number of nitro benzene ring substituents is 1. The predicted molar refractivity (Wildman–Crippen MR) is 109 cm³/mol. The van der Waals surface area contributed by atoms with E-state index in [1.807, 2.05) is 6.07 Å². The van der Waals surface area contributed by atoms with Crippen molar-refractivity contribution in [3.8, 4) is 5.75 Å². The summed E-state index contributed by atoms with van der Waals surface area (Å²) < 4.78 is 5.33. The van der Waals surface area contributed by atoms with Gasteiger partial charge in [0.05, 0.1) is 16.9 Å². The minimum atomic E-state index is -0.603. The first-order valence-corrected chi connectivity index (χ1v) is 9.09. The minimum absolute atomic E-state index is 0.136. The Bertz CT molecular complexity index is 1000. The van der Waals surface area contributed by atoms with Gasteiger partial charge in [-0.1, -0.05) is 23.9 Å². The molecule has 0 aliphatic carbocycles. The van der Waals surface area contributed by atoms with Crippen LogP contribution in [0.4, 0.5) is 5.69 Å². The van der Waals surface area contributed by atoms with Crippen LogP contribution in [0.3, 0.4) is 0 Å². The Labute approximate surface area is 169 Å². The highest BCUT2D eigenvalue weighted by molar-refractivity contribution is 8.26. The van der Waals surface area contributed by atoms with Crippen molar-refractivity contribution in [2.24, 2.45) is 0 Å². The molecule has 3 rings (SSSR count). The fraction of sp³-hybridized carbons (Fsp3) is 0.0556. The molecule has 28 heavy (non-hydrogen) atoms. The van der Waals surface area contributed by atoms with Gasteiger partial charge in [0.2, 0.25) is 0 Å². The van der Waals surface area contributed by atoms with E-state index in [0.29, 0.717) is 10.7 Å². The SMILES string of the molecule is COc1cccc(C=C2SC(=S)N(NC(=O)c3ccc([N+](=O)[O-])cc3)C2=O)c1. The van der Waals surface area contributed by atoms with Gasteiger partial charge >= 0.3 is 0 Å². The standard InChI is InChI=1S/C18H13N3O5S2/c1-26-14-4-2-3-11(9-14)10-15-17(23)20(18(27)28-15)19-16(22)12-5-7-13(8-6-12)21(24)25/h2-10H,1H3,(H,19,22). The van der Waals surface area contributed by atoms with Gasteiger partial charge in [0.15, 0.2) is 4.32 Å². The number of nitrogens with zero attached hydrogens (tertiary/aromatic N) is 2. The largest absolute Gasteiger partial charge is 0.497 e. The summed E-state index contributed by atoms with van der Waals surface area (Å²) in [6, 6.07) is 12.2. The van der Waals surface area contributed by atoms with Gasteiger partial charge in [-0.3, -0.25) is 25.1 Å². The number of hydrogen-bond donors (Lipinski definition) is 1. The van der Waals surface area contributed by atoms with E-state index in [9.17, 15) is 19.7 Å². The summed E-state index contributed by atoms with van der Waals surface area (Å²) in [5.74, 6) is -0.419. The molecule has 2 aromatic carbocycles. The topological polar surface area (TPSA) is 102 Å². The molecule has 1 N–H and O–H groups in total. The number of carbonyl (C=O) groups excluding carboxylic acids is 2. The van der Waals surface area contributed by atoms with Gasteiger partial charge in [0.25, 0.3) is 17.5 Å². The molecule has 0 spiro atoms. The Hall–Kier alpha value is -3.24. The van der Waals surface area contributed by atoms with Crippen molar-refractivity contribution in [1.82, 2.24) is 10.4 Å². The highest BCUT2D eigenvalue weighted by atomic mass is 32.2. The zero-order valence-corrected chi connectivity index (χ0v) is 16.1. The van der Waals surface area contributed by atoms with Crippen LogP contribution in [0.2, 0.25) is 0 Å². The van der Waals surface area contributed by atoms with E-state index < -0.39 is 16.7 Å². The summed E-state index contributed by atoms with van der Waals surface area (Å²) in [7, 11) is 1.55. The van der Waals surface area contributed by atoms with E-state index in [1.54, 1.807) is 31.4 Å². The molecule has 0 unspecified atom stereocenters. The van der Waals surface area contributed by atoms with E-state index in [1.165, 1.54) is 24.3 Å². The predicted octanol–water partition coefficient (Wildman–Crippen LogP) is 3.15. The number of nitro groups is 1. The van der Waals surface area contributed by atoms with Gasteiger partial charge in [-0.25, -0.2) is 0 Å². The average Bonchev–Trinajstić information content (AvgIpc) is 2.95. The van der Waals surface area contributed by atoms with Crippen LogP contribution in [0.25, 0.3) is 6.08 Å². The van der Waals surface area contributed by atoms with Crippen molar-refractivity contribution in [3.63, 3.8) is 0 Å². The van der Waals surface area contributed by atoms with E-state index in [0.717, 1.165) is 22.3 Å². The number of amides is 2. The van der Waals surface area contributed by atoms with Crippen molar-refractivity contribution in [3.05, 3.63) is 74.7 Å². The second-order valence-corrected chi connectivity index (χ2v) is 7.21. The second-order valence-electron chi connectivity index (χ2n) is 5.54. The third kappa shape index (κ3) is 4.18. The Kier molecular flexibility index (Phi) is 5.71. The van der Waals surface area contributed by atoms with Crippen molar-refractivity contribution in [2.45, 2.75) is 0 Å². The van der Waals surface area contributed by atoms with Crippen LogP contribution >= 0.6 is 24.0 Å². The number of rotatable bonds is 5. The maximum atomic E-state index is 12.6. The van der Waals surface area contributed by atoms with Gasteiger partial charge < -0.3 is 4.74 Å². The molecule has 10 heteroatoms. The quantitative estimate of drug-likeness (QED) is 0.346. The molecule has 0 bridgehead atoms. The third-order valence-electron chi connectivity index (χ3n) is 3.74. The average molecular weight is 415 g/mol. The van der Waals surface area contributed by atoms with Gasteiger partial charge in [-0.2, -0.15) is 5.01 Å². The van der Waals surface area contributed by atoms with Gasteiger partial charge in [0, 0.05) is 17.7 Å². The van der Waals surface area contributed by atoms with Crippen molar-refractivity contribution < 1.29 is 19.2 Å². The molecule has 1 saturated heterocycles. The Morgan fingerprint density at radius 2 is 2.00 bits per heavy atom. The van der Waals surface area contributed by atoms with E-state index >= 15 is 0 Å². The van der Waals surface area contributed by atoms with Crippen molar-refractivity contribution in [2.75, 3.05) is 7.11 Å². The monoisotopic (exact) mass is 415 g/mol. The summed E-state index contributed by atoms with van der Waals surface area (Å²) in [4.78, 5) is 35.4. The molecular weight excluding hydrogens is 402 g/mol. The molecular formula is C18H13N3O5S2. The zero-order valence-electron chi connectivity index (χ0n) is 14.4. The lowest BCUT2D eigenvalue weighted by molar-refractivity contribution is -0.384. The number of ether oxygens (including phenoxy) is 1. The molecule has 2 amide bonds. The number of methoxy groups -OCH3 is 1. The van der Waals surface area contributed by atoms with Gasteiger partial charge in [0.1, 0.15) is 5.75 Å². The first-order chi connectivity index (χ1) is 13.4. The smallest absolute Gasteiger partial charge is 0.285 e. The fourth-order valence-electron chi connectivity index (χ4n) is 2.35.